The van der Waals surface area contributed by atoms with Crippen molar-refractivity contribution in [2.75, 3.05) is 18.4 Å². The first-order chi connectivity index (χ1) is 10.2. The van der Waals surface area contributed by atoms with E-state index >= 15 is 0 Å². The van der Waals surface area contributed by atoms with Gasteiger partial charge in [0.1, 0.15) is 0 Å². The summed E-state index contributed by atoms with van der Waals surface area (Å²) in [5, 5.41) is 10.00. The molecule has 1 saturated heterocycles. The third kappa shape index (κ3) is 2.30. The van der Waals surface area contributed by atoms with Crippen LogP contribution in [0.25, 0.3) is 0 Å². The van der Waals surface area contributed by atoms with E-state index < -0.39 is 0 Å². The van der Waals surface area contributed by atoms with Gasteiger partial charge in [-0.2, -0.15) is 5.10 Å². The number of nitrogens with one attached hydrogen (secondary N) is 2. The molecule has 1 aromatic rings. The van der Waals surface area contributed by atoms with Gasteiger partial charge in [0.05, 0.1) is 6.54 Å². The van der Waals surface area contributed by atoms with Gasteiger partial charge in [-0.25, -0.2) is 0 Å². The third-order valence-electron chi connectivity index (χ3n) is 5.70. The number of carbonyl (C=O) groups excluding carboxylic acids is 2. The van der Waals surface area contributed by atoms with Crippen molar-refractivity contribution < 1.29 is 9.59 Å². The van der Waals surface area contributed by atoms with Crippen molar-refractivity contribution in [1.82, 2.24) is 15.1 Å². The van der Waals surface area contributed by atoms with Crippen molar-refractivity contribution in [2.45, 2.75) is 46.5 Å². The van der Waals surface area contributed by atoms with E-state index in [0.717, 1.165) is 12.1 Å². The SMILES string of the molecule is CC1(C)C(c2cc(NC(=O)CN3CCCC3=O)n[nH]2)C1(C)C. The maximum absolute atomic E-state index is 12.0. The molecule has 1 aliphatic heterocycles. The lowest BCUT2D eigenvalue weighted by molar-refractivity contribution is -0.131. The summed E-state index contributed by atoms with van der Waals surface area (Å²) >= 11 is 0. The summed E-state index contributed by atoms with van der Waals surface area (Å²) in [6.07, 6.45) is 1.39. The van der Waals surface area contributed by atoms with Crippen LogP contribution in [0.2, 0.25) is 0 Å². The number of hydrogen-bond acceptors (Lipinski definition) is 3. The Kier molecular flexibility index (Phi) is 3.30. The Morgan fingerprint density at radius 2 is 2.09 bits per heavy atom. The van der Waals surface area contributed by atoms with Crippen molar-refractivity contribution in [3.63, 3.8) is 0 Å². The molecule has 1 aromatic heterocycles. The zero-order valence-electron chi connectivity index (χ0n) is 13.7. The first kappa shape index (κ1) is 15.1. The molecule has 6 nitrogen and oxygen atoms in total. The van der Waals surface area contributed by atoms with Gasteiger partial charge in [-0.1, -0.05) is 27.7 Å². The Bertz CT molecular complexity index is 603. The van der Waals surface area contributed by atoms with Crippen LogP contribution in [0.1, 0.15) is 52.1 Å². The number of anilines is 1. The van der Waals surface area contributed by atoms with E-state index in [-0.39, 0.29) is 29.2 Å². The summed E-state index contributed by atoms with van der Waals surface area (Å²) in [6.45, 7) is 9.76. The van der Waals surface area contributed by atoms with Crippen LogP contribution in [0.4, 0.5) is 5.82 Å². The summed E-state index contributed by atoms with van der Waals surface area (Å²) in [7, 11) is 0. The van der Waals surface area contributed by atoms with Gasteiger partial charge in [-0.05, 0) is 17.3 Å². The molecule has 2 heterocycles. The predicted octanol–water partition coefficient (Wildman–Crippen LogP) is 2.12. The molecule has 6 heteroatoms. The normalized spacial score (nSPS) is 22.9. The smallest absolute Gasteiger partial charge is 0.245 e. The number of carbonyl (C=O) groups is 2. The van der Waals surface area contributed by atoms with Crippen molar-refractivity contribution in [1.29, 1.82) is 0 Å². The van der Waals surface area contributed by atoms with Crippen LogP contribution in [0, 0.1) is 10.8 Å². The molecule has 0 bridgehead atoms. The minimum Gasteiger partial charge on any atom is -0.333 e. The molecule has 120 valence electrons. The molecule has 2 fully saturated rings. The van der Waals surface area contributed by atoms with Crippen LogP contribution in [0.3, 0.4) is 0 Å². The van der Waals surface area contributed by atoms with E-state index in [0.29, 0.717) is 24.7 Å². The average Bonchev–Trinajstić information content (AvgIpc) is 2.85. The standard InChI is InChI=1S/C16H24N4O2/c1-15(2)14(16(15,3)4)10-8-11(19-18-10)17-12(21)9-20-7-5-6-13(20)22/h8,14H,5-7,9H2,1-4H3,(H2,17,18,19,21). The number of hydrogen-bond donors (Lipinski definition) is 2. The molecule has 1 saturated carbocycles. The second kappa shape index (κ2) is 4.83. The Labute approximate surface area is 130 Å². The number of aromatic amines is 1. The summed E-state index contributed by atoms with van der Waals surface area (Å²) in [5.74, 6) is 0.811. The van der Waals surface area contributed by atoms with Crippen molar-refractivity contribution in [3.05, 3.63) is 11.8 Å². The van der Waals surface area contributed by atoms with Crippen molar-refractivity contribution in [2.24, 2.45) is 10.8 Å². The zero-order chi connectivity index (χ0) is 16.1. The van der Waals surface area contributed by atoms with E-state index in [1.54, 1.807) is 4.90 Å². The maximum Gasteiger partial charge on any atom is 0.245 e. The largest absolute Gasteiger partial charge is 0.333 e. The monoisotopic (exact) mass is 304 g/mol. The Morgan fingerprint density at radius 1 is 1.41 bits per heavy atom. The summed E-state index contributed by atoms with van der Waals surface area (Å²) < 4.78 is 0. The van der Waals surface area contributed by atoms with Crippen LogP contribution >= 0.6 is 0 Å². The van der Waals surface area contributed by atoms with Gasteiger partial charge in [-0.3, -0.25) is 14.7 Å². The first-order valence-corrected chi connectivity index (χ1v) is 7.86. The minimum absolute atomic E-state index is 0.0550. The van der Waals surface area contributed by atoms with Crippen LogP contribution in [0.15, 0.2) is 6.07 Å². The lowest BCUT2D eigenvalue weighted by atomic mass is 10.0. The van der Waals surface area contributed by atoms with Gasteiger partial charge in [-0.15, -0.1) is 0 Å². The highest BCUT2D eigenvalue weighted by atomic mass is 16.2. The van der Waals surface area contributed by atoms with Crippen molar-refractivity contribution >= 4 is 17.6 Å². The molecule has 3 rings (SSSR count). The number of likely N-dealkylation sites (tertiary alicyclic amines) is 1. The highest BCUT2D eigenvalue weighted by Crippen LogP contribution is 2.73. The summed E-state index contributed by atoms with van der Waals surface area (Å²) in [4.78, 5) is 25.1. The fourth-order valence-electron chi connectivity index (χ4n) is 3.75. The lowest BCUT2D eigenvalue weighted by Gasteiger charge is -2.13. The van der Waals surface area contributed by atoms with Crippen LogP contribution in [0.5, 0.6) is 0 Å². The van der Waals surface area contributed by atoms with E-state index in [9.17, 15) is 9.59 Å². The number of nitrogens with zero attached hydrogens (tertiary/aromatic N) is 2. The number of amides is 2. The molecule has 0 atom stereocenters. The molecular weight excluding hydrogens is 280 g/mol. The molecule has 2 amide bonds. The molecule has 0 radical (unpaired) electrons. The van der Waals surface area contributed by atoms with Crippen LogP contribution in [-0.4, -0.2) is 40.0 Å². The second-order valence-electron chi connectivity index (χ2n) is 7.55. The fraction of sp³-hybridized carbons (Fsp3) is 0.688. The molecule has 2 N–H and O–H groups in total. The lowest BCUT2D eigenvalue weighted by Crippen LogP contribution is -2.34. The van der Waals surface area contributed by atoms with Crippen LogP contribution < -0.4 is 5.32 Å². The van der Waals surface area contributed by atoms with Gasteiger partial charge in [0, 0.05) is 30.6 Å². The molecule has 0 aromatic carbocycles. The summed E-state index contributed by atoms with van der Waals surface area (Å²) in [6, 6.07) is 1.91. The Hall–Kier alpha value is -1.85. The highest BCUT2D eigenvalue weighted by molar-refractivity contribution is 5.94. The number of H-pyrrole nitrogens is 1. The number of aromatic nitrogens is 2. The topological polar surface area (TPSA) is 78.1 Å². The Balaban J connectivity index is 1.61. The summed E-state index contributed by atoms with van der Waals surface area (Å²) in [5.41, 5.74) is 1.51. The molecule has 2 aliphatic rings. The predicted molar refractivity (Wildman–Crippen MR) is 83.3 cm³/mol. The molecular formula is C16H24N4O2. The second-order valence-corrected chi connectivity index (χ2v) is 7.55. The van der Waals surface area contributed by atoms with Gasteiger partial charge in [0.15, 0.2) is 5.82 Å². The minimum atomic E-state index is -0.192. The molecule has 0 unspecified atom stereocenters. The van der Waals surface area contributed by atoms with Crippen molar-refractivity contribution in [3.8, 4) is 0 Å². The fourth-order valence-corrected chi connectivity index (χ4v) is 3.75. The molecule has 1 aliphatic carbocycles. The highest BCUT2D eigenvalue weighted by Gasteiger charge is 2.65. The maximum atomic E-state index is 12.0. The molecule has 22 heavy (non-hydrogen) atoms. The number of rotatable bonds is 4. The van der Waals surface area contributed by atoms with Crippen LogP contribution in [-0.2, 0) is 9.59 Å². The molecule has 0 spiro atoms. The van der Waals surface area contributed by atoms with E-state index in [4.69, 9.17) is 0 Å². The third-order valence-corrected chi connectivity index (χ3v) is 5.70. The van der Waals surface area contributed by atoms with Gasteiger partial charge in [0.2, 0.25) is 11.8 Å². The van der Waals surface area contributed by atoms with E-state index in [1.165, 1.54) is 0 Å². The quantitative estimate of drug-likeness (QED) is 0.894. The van der Waals surface area contributed by atoms with E-state index in [2.05, 4.69) is 43.2 Å². The van der Waals surface area contributed by atoms with E-state index in [1.807, 2.05) is 6.07 Å². The first-order valence-electron chi connectivity index (χ1n) is 7.86. The zero-order valence-corrected chi connectivity index (χ0v) is 13.7. The Morgan fingerprint density at radius 3 is 2.64 bits per heavy atom. The van der Waals surface area contributed by atoms with Gasteiger partial charge >= 0.3 is 0 Å². The van der Waals surface area contributed by atoms with Gasteiger partial charge < -0.3 is 10.2 Å². The van der Waals surface area contributed by atoms with Gasteiger partial charge in [0.25, 0.3) is 0 Å². The average molecular weight is 304 g/mol.